The first-order chi connectivity index (χ1) is 14.0. The number of carbonyl (C=O) groups excluding carboxylic acids is 1. The van der Waals surface area contributed by atoms with Crippen LogP contribution in [0.2, 0.25) is 0 Å². The Morgan fingerprint density at radius 1 is 1.07 bits per heavy atom. The number of rotatable bonds is 4. The summed E-state index contributed by atoms with van der Waals surface area (Å²) in [7, 11) is 2.12. The van der Waals surface area contributed by atoms with E-state index >= 15 is 0 Å². The fourth-order valence-corrected chi connectivity index (χ4v) is 3.75. The number of fused-ring (bicyclic) bond motifs is 1. The van der Waals surface area contributed by atoms with Gasteiger partial charge in [0.05, 0.1) is 17.8 Å². The number of nitrogens with zero attached hydrogens (tertiary/aromatic N) is 2. The van der Waals surface area contributed by atoms with Gasteiger partial charge in [0.25, 0.3) is 0 Å². The Morgan fingerprint density at radius 3 is 2.62 bits per heavy atom. The maximum Gasteiger partial charge on any atom is 0.336 e. The lowest BCUT2D eigenvalue weighted by atomic mass is 10.1. The van der Waals surface area contributed by atoms with Gasteiger partial charge in [0.1, 0.15) is 5.58 Å². The molecule has 1 aliphatic rings. The van der Waals surface area contributed by atoms with Crippen molar-refractivity contribution in [3.8, 4) is 0 Å². The molecule has 0 spiro atoms. The highest BCUT2D eigenvalue weighted by Crippen LogP contribution is 2.27. The summed E-state index contributed by atoms with van der Waals surface area (Å²) in [5, 5.41) is 3.83. The van der Waals surface area contributed by atoms with Crippen LogP contribution in [0.1, 0.15) is 11.1 Å². The summed E-state index contributed by atoms with van der Waals surface area (Å²) < 4.78 is 5.29. The SMILES string of the molecule is Cc1ccc2c(CC(=O)Nc3ccccc3N3CCN(C)CC3)cc(=O)oc2c1. The standard InChI is InChI=1S/C23H25N3O3/c1-16-7-8-18-17(15-23(28)29-21(18)13-16)14-22(27)24-19-5-3-4-6-20(19)26-11-9-25(2)10-12-26/h3-8,13,15H,9-12,14H2,1-2H3,(H,24,27). The molecule has 4 rings (SSSR count). The van der Waals surface area contributed by atoms with E-state index in [4.69, 9.17) is 4.42 Å². The van der Waals surface area contributed by atoms with Crippen molar-refractivity contribution in [2.24, 2.45) is 0 Å². The van der Waals surface area contributed by atoms with Gasteiger partial charge in [0.2, 0.25) is 5.91 Å². The Bertz CT molecular complexity index is 1100. The van der Waals surface area contributed by atoms with E-state index in [0.717, 1.165) is 48.5 Å². The summed E-state index contributed by atoms with van der Waals surface area (Å²) >= 11 is 0. The lowest BCUT2D eigenvalue weighted by Crippen LogP contribution is -2.44. The van der Waals surface area contributed by atoms with E-state index in [1.54, 1.807) is 0 Å². The van der Waals surface area contributed by atoms with Crippen LogP contribution in [0.25, 0.3) is 11.0 Å². The van der Waals surface area contributed by atoms with E-state index in [0.29, 0.717) is 11.1 Å². The molecule has 150 valence electrons. The Balaban J connectivity index is 1.56. The summed E-state index contributed by atoms with van der Waals surface area (Å²) in [4.78, 5) is 29.3. The van der Waals surface area contributed by atoms with Crippen LogP contribution in [0.15, 0.2) is 57.7 Å². The summed E-state index contributed by atoms with van der Waals surface area (Å²) in [6.07, 6.45) is 0.113. The minimum atomic E-state index is -0.441. The molecule has 6 nitrogen and oxygen atoms in total. The van der Waals surface area contributed by atoms with E-state index in [-0.39, 0.29) is 12.3 Å². The summed E-state index contributed by atoms with van der Waals surface area (Å²) in [5.41, 5.74) is 3.57. The topological polar surface area (TPSA) is 65.8 Å². The van der Waals surface area contributed by atoms with Crippen molar-refractivity contribution in [2.75, 3.05) is 43.4 Å². The molecule has 0 aliphatic carbocycles. The molecule has 1 amide bonds. The third-order valence-electron chi connectivity index (χ3n) is 5.36. The molecule has 0 bridgehead atoms. The zero-order valence-corrected chi connectivity index (χ0v) is 16.8. The Hall–Kier alpha value is -3.12. The number of anilines is 2. The molecule has 3 aromatic rings. The number of para-hydroxylation sites is 2. The van der Waals surface area contributed by atoms with Gasteiger partial charge in [-0.2, -0.15) is 0 Å². The van der Waals surface area contributed by atoms with Crippen molar-refractivity contribution >= 4 is 28.3 Å². The quantitative estimate of drug-likeness (QED) is 0.693. The van der Waals surface area contributed by atoms with Crippen LogP contribution in [-0.4, -0.2) is 44.0 Å². The van der Waals surface area contributed by atoms with E-state index in [2.05, 4.69) is 22.2 Å². The minimum absolute atomic E-state index is 0.113. The number of nitrogens with one attached hydrogen (secondary N) is 1. The van der Waals surface area contributed by atoms with Crippen molar-refractivity contribution in [1.82, 2.24) is 4.90 Å². The summed E-state index contributed by atoms with van der Waals surface area (Å²) in [6.45, 7) is 5.77. The zero-order chi connectivity index (χ0) is 20.4. The van der Waals surface area contributed by atoms with E-state index < -0.39 is 5.63 Å². The smallest absolute Gasteiger partial charge is 0.336 e. The molecule has 1 N–H and O–H groups in total. The largest absolute Gasteiger partial charge is 0.423 e. The molecule has 0 radical (unpaired) electrons. The molecule has 0 unspecified atom stereocenters. The average Bonchev–Trinajstić information content (AvgIpc) is 2.68. The van der Waals surface area contributed by atoms with Gasteiger partial charge in [0.15, 0.2) is 0 Å². The van der Waals surface area contributed by atoms with E-state index in [1.165, 1.54) is 6.07 Å². The molecule has 6 heteroatoms. The third kappa shape index (κ3) is 4.32. The number of amides is 1. The Labute approximate surface area is 169 Å². The lowest BCUT2D eigenvalue weighted by Gasteiger charge is -2.35. The number of aryl methyl sites for hydroxylation is 1. The normalized spacial score (nSPS) is 14.9. The first-order valence-electron chi connectivity index (χ1n) is 9.85. The maximum atomic E-state index is 12.8. The second kappa shape index (κ2) is 8.09. The predicted molar refractivity (Wildman–Crippen MR) is 116 cm³/mol. The van der Waals surface area contributed by atoms with Gasteiger partial charge in [-0.1, -0.05) is 24.3 Å². The van der Waals surface area contributed by atoms with Crippen LogP contribution < -0.4 is 15.8 Å². The van der Waals surface area contributed by atoms with E-state index in [9.17, 15) is 9.59 Å². The average molecular weight is 391 g/mol. The fraction of sp³-hybridized carbons (Fsp3) is 0.304. The number of piperazine rings is 1. The van der Waals surface area contributed by atoms with Gasteiger partial charge in [0, 0.05) is 37.6 Å². The highest BCUT2D eigenvalue weighted by molar-refractivity contribution is 5.97. The second-order valence-electron chi connectivity index (χ2n) is 7.62. The summed E-state index contributed by atoms with van der Waals surface area (Å²) in [5.74, 6) is -0.154. The molecular formula is C23H25N3O3. The first kappa shape index (κ1) is 19.2. The van der Waals surface area contributed by atoms with E-state index in [1.807, 2.05) is 49.4 Å². The predicted octanol–water partition coefficient (Wildman–Crippen LogP) is 3.03. The molecule has 1 aliphatic heterocycles. The highest BCUT2D eigenvalue weighted by Gasteiger charge is 2.18. The number of carbonyl (C=O) groups is 1. The molecule has 2 aromatic carbocycles. The molecule has 0 atom stereocenters. The number of benzene rings is 2. The van der Waals surface area contributed by atoms with Crippen molar-refractivity contribution in [3.63, 3.8) is 0 Å². The van der Waals surface area contributed by atoms with Crippen molar-refractivity contribution in [2.45, 2.75) is 13.3 Å². The van der Waals surface area contributed by atoms with Gasteiger partial charge in [-0.3, -0.25) is 4.79 Å². The van der Waals surface area contributed by atoms with Gasteiger partial charge in [-0.25, -0.2) is 4.79 Å². The second-order valence-corrected chi connectivity index (χ2v) is 7.62. The first-order valence-corrected chi connectivity index (χ1v) is 9.85. The molecule has 2 heterocycles. The fourth-order valence-electron chi connectivity index (χ4n) is 3.75. The van der Waals surface area contributed by atoms with Crippen LogP contribution in [-0.2, 0) is 11.2 Å². The number of hydrogen-bond acceptors (Lipinski definition) is 5. The van der Waals surface area contributed by atoms with Crippen molar-refractivity contribution < 1.29 is 9.21 Å². The summed E-state index contributed by atoms with van der Waals surface area (Å²) in [6, 6.07) is 14.9. The molecule has 1 fully saturated rings. The van der Waals surface area contributed by atoms with Crippen LogP contribution in [0.3, 0.4) is 0 Å². The molecule has 1 aromatic heterocycles. The van der Waals surface area contributed by atoms with Crippen LogP contribution in [0.4, 0.5) is 11.4 Å². The van der Waals surface area contributed by atoms with Gasteiger partial charge in [-0.05, 0) is 43.3 Å². The molecule has 0 saturated carbocycles. The van der Waals surface area contributed by atoms with Gasteiger partial charge >= 0.3 is 5.63 Å². The van der Waals surface area contributed by atoms with Crippen LogP contribution >= 0.6 is 0 Å². The van der Waals surface area contributed by atoms with Crippen molar-refractivity contribution in [1.29, 1.82) is 0 Å². The number of likely N-dealkylation sites (N-methyl/N-ethyl adjacent to an activating group) is 1. The van der Waals surface area contributed by atoms with Crippen LogP contribution in [0.5, 0.6) is 0 Å². The minimum Gasteiger partial charge on any atom is -0.423 e. The van der Waals surface area contributed by atoms with Gasteiger partial charge < -0.3 is 19.5 Å². The Kier molecular flexibility index (Phi) is 5.36. The zero-order valence-electron chi connectivity index (χ0n) is 16.8. The Morgan fingerprint density at radius 2 is 1.83 bits per heavy atom. The monoisotopic (exact) mass is 391 g/mol. The number of hydrogen-bond donors (Lipinski definition) is 1. The molecular weight excluding hydrogens is 366 g/mol. The van der Waals surface area contributed by atoms with Crippen LogP contribution in [0, 0.1) is 6.92 Å². The lowest BCUT2D eigenvalue weighted by molar-refractivity contribution is -0.115. The maximum absolute atomic E-state index is 12.8. The van der Waals surface area contributed by atoms with Gasteiger partial charge in [-0.15, -0.1) is 0 Å². The molecule has 29 heavy (non-hydrogen) atoms. The third-order valence-corrected chi connectivity index (χ3v) is 5.36. The highest BCUT2D eigenvalue weighted by atomic mass is 16.4. The molecule has 1 saturated heterocycles. The van der Waals surface area contributed by atoms with Crippen molar-refractivity contribution in [3.05, 3.63) is 70.1 Å².